The van der Waals surface area contributed by atoms with Gasteiger partial charge in [-0.15, -0.1) is 0 Å². The first-order valence-electron chi connectivity index (χ1n) is 9.30. The molecule has 142 valence electrons. The lowest BCUT2D eigenvalue weighted by Gasteiger charge is -2.25. The molecule has 0 unspecified atom stereocenters. The minimum absolute atomic E-state index is 0.0804. The zero-order valence-electron chi connectivity index (χ0n) is 15.2. The topological polar surface area (TPSA) is 83.1 Å². The zero-order chi connectivity index (χ0) is 19.6. The van der Waals surface area contributed by atoms with Crippen molar-refractivity contribution in [2.24, 2.45) is 11.8 Å². The smallest absolute Gasteiger partial charge is 0.291 e. The molecular formula is C21H19FN3O3+. The summed E-state index contributed by atoms with van der Waals surface area (Å²) in [6.45, 7) is 1.96. The average Bonchev–Trinajstić information content (AvgIpc) is 3.23. The maximum absolute atomic E-state index is 13.4. The predicted molar refractivity (Wildman–Crippen MR) is 97.1 cm³/mol. The molecule has 2 fully saturated rings. The zero-order valence-corrected chi connectivity index (χ0v) is 15.2. The molecule has 3 amide bonds. The van der Waals surface area contributed by atoms with Crippen LogP contribution in [-0.2, 0) is 26.5 Å². The number of amides is 3. The predicted octanol–water partition coefficient (Wildman–Crippen LogP) is 0.740. The molecule has 0 saturated carbocycles. The van der Waals surface area contributed by atoms with Gasteiger partial charge >= 0.3 is 0 Å². The van der Waals surface area contributed by atoms with Crippen molar-refractivity contribution in [2.75, 3.05) is 5.32 Å². The molecule has 2 aromatic rings. The van der Waals surface area contributed by atoms with E-state index in [1.807, 2.05) is 36.5 Å². The number of nitrogens with one attached hydrogen (secondary N) is 1. The minimum atomic E-state index is -1.12. The summed E-state index contributed by atoms with van der Waals surface area (Å²) in [7, 11) is 0. The summed E-state index contributed by atoms with van der Waals surface area (Å²) in [5, 5.41) is 4.75. The van der Waals surface area contributed by atoms with Gasteiger partial charge < -0.3 is 10.6 Å². The van der Waals surface area contributed by atoms with E-state index in [-0.39, 0.29) is 36.1 Å². The molecule has 3 N–H and O–H groups in total. The third kappa shape index (κ3) is 2.08. The van der Waals surface area contributed by atoms with Crippen molar-refractivity contribution in [2.45, 2.75) is 25.0 Å². The van der Waals surface area contributed by atoms with Crippen LogP contribution in [0.25, 0.3) is 0 Å². The van der Waals surface area contributed by atoms with Crippen LogP contribution in [0.1, 0.15) is 18.1 Å². The normalized spacial score (nSPS) is 30.7. The number of quaternary nitrogens is 1. The molecule has 0 aliphatic carbocycles. The molecule has 2 saturated heterocycles. The van der Waals surface area contributed by atoms with Crippen LogP contribution in [0.5, 0.6) is 0 Å². The number of nitrogens with zero attached hydrogens (tertiary/aromatic N) is 1. The van der Waals surface area contributed by atoms with Gasteiger partial charge in [0.25, 0.3) is 5.91 Å². The van der Waals surface area contributed by atoms with Gasteiger partial charge in [-0.3, -0.25) is 19.3 Å². The van der Waals surface area contributed by atoms with Crippen molar-refractivity contribution in [3.63, 3.8) is 0 Å². The van der Waals surface area contributed by atoms with Gasteiger partial charge in [0, 0.05) is 5.56 Å². The molecule has 1 spiro atoms. The molecule has 3 heterocycles. The highest BCUT2D eigenvalue weighted by Crippen LogP contribution is 2.48. The lowest BCUT2D eigenvalue weighted by Crippen LogP contribution is -2.98. The highest BCUT2D eigenvalue weighted by atomic mass is 19.1. The Hall–Kier alpha value is -3.06. The van der Waals surface area contributed by atoms with Crippen molar-refractivity contribution in [1.82, 2.24) is 4.90 Å². The van der Waals surface area contributed by atoms with E-state index in [1.165, 1.54) is 17.0 Å². The largest absolute Gasteiger partial charge is 0.326 e. The minimum Gasteiger partial charge on any atom is -0.326 e. The van der Waals surface area contributed by atoms with E-state index < -0.39 is 17.4 Å². The Labute approximate surface area is 160 Å². The molecule has 6 nitrogen and oxygen atoms in total. The highest BCUT2D eigenvalue weighted by Gasteiger charge is 2.73. The number of carbonyl (C=O) groups excluding carboxylic acids is 3. The average molecular weight is 380 g/mol. The van der Waals surface area contributed by atoms with Crippen molar-refractivity contribution in [1.29, 1.82) is 0 Å². The summed E-state index contributed by atoms with van der Waals surface area (Å²) in [6, 6.07) is 12.8. The molecule has 0 bridgehead atoms. The summed E-state index contributed by atoms with van der Waals surface area (Å²) in [5.74, 6) is -2.55. The molecule has 5 rings (SSSR count). The fourth-order valence-electron chi connectivity index (χ4n) is 5.08. The fraction of sp³-hybridized carbons (Fsp3) is 0.286. The van der Waals surface area contributed by atoms with E-state index in [0.717, 1.165) is 5.56 Å². The number of nitrogens with two attached hydrogens (primary N) is 1. The lowest BCUT2D eigenvalue weighted by molar-refractivity contribution is -0.730. The Bertz CT molecular complexity index is 1020. The van der Waals surface area contributed by atoms with Gasteiger partial charge in [0.1, 0.15) is 17.7 Å². The third-order valence-electron chi connectivity index (χ3n) is 6.28. The SMILES string of the molecule is C[C@@H]1[NH2+][C@@]2(C(=O)Nc3ccccc32)[C@H]2C(=O)N(Cc3ccc(F)cc3)C(=O)[C@H]12. The molecule has 4 atom stereocenters. The van der Waals surface area contributed by atoms with Crippen molar-refractivity contribution in [3.05, 3.63) is 65.5 Å². The summed E-state index contributed by atoms with van der Waals surface area (Å²) in [6.07, 6.45) is 0. The fourth-order valence-corrected chi connectivity index (χ4v) is 5.08. The van der Waals surface area contributed by atoms with Gasteiger partial charge in [0.2, 0.25) is 17.4 Å². The van der Waals surface area contributed by atoms with E-state index in [1.54, 1.807) is 12.1 Å². The maximum Gasteiger partial charge on any atom is 0.291 e. The number of para-hydroxylation sites is 1. The van der Waals surface area contributed by atoms with Crippen LogP contribution in [-0.4, -0.2) is 28.7 Å². The number of hydrogen-bond acceptors (Lipinski definition) is 3. The quantitative estimate of drug-likeness (QED) is 0.754. The Morgan fingerprint density at radius 3 is 2.54 bits per heavy atom. The molecule has 28 heavy (non-hydrogen) atoms. The Balaban J connectivity index is 1.56. The van der Waals surface area contributed by atoms with Crippen LogP contribution in [0.3, 0.4) is 0 Å². The number of benzene rings is 2. The molecule has 3 aliphatic rings. The van der Waals surface area contributed by atoms with Crippen molar-refractivity contribution >= 4 is 23.4 Å². The lowest BCUT2D eigenvalue weighted by atomic mass is 9.76. The first-order valence-corrected chi connectivity index (χ1v) is 9.30. The van der Waals surface area contributed by atoms with Gasteiger partial charge in [-0.1, -0.05) is 30.3 Å². The number of likely N-dealkylation sites (tertiary alicyclic amines) is 1. The summed E-state index contributed by atoms with van der Waals surface area (Å²) >= 11 is 0. The molecule has 2 aromatic carbocycles. The van der Waals surface area contributed by atoms with Crippen molar-refractivity contribution in [3.8, 4) is 0 Å². The number of rotatable bonds is 2. The number of imide groups is 1. The first kappa shape index (κ1) is 17.1. The van der Waals surface area contributed by atoms with E-state index in [9.17, 15) is 18.8 Å². The molecular weight excluding hydrogens is 361 g/mol. The number of anilines is 1. The van der Waals surface area contributed by atoms with Gasteiger partial charge in [0.15, 0.2) is 0 Å². The summed E-state index contributed by atoms with van der Waals surface area (Å²) in [5.41, 5.74) is 0.994. The van der Waals surface area contributed by atoms with Gasteiger partial charge in [-0.2, -0.15) is 0 Å². The second-order valence-electron chi connectivity index (χ2n) is 7.79. The summed E-state index contributed by atoms with van der Waals surface area (Å²) < 4.78 is 13.2. The van der Waals surface area contributed by atoms with E-state index in [4.69, 9.17) is 0 Å². The number of carbonyl (C=O) groups is 3. The number of fused-ring (bicyclic) bond motifs is 4. The third-order valence-corrected chi connectivity index (χ3v) is 6.28. The van der Waals surface area contributed by atoms with E-state index in [2.05, 4.69) is 5.32 Å². The number of halogens is 1. The maximum atomic E-state index is 13.4. The van der Waals surface area contributed by atoms with Crippen molar-refractivity contribution < 1.29 is 24.1 Å². The summed E-state index contributed by atoms with van der Waals surface area (Å²) in [4.78, 5) is 40.7. The monoisotopic (exact) mass is 380 g/mol. The van der Waals surface area contributed by atoms with Gasteiger partial charge in [-0.05, 0) is 30.7 Å². The first-order chi connectivity index (χ1) is 13.4. The molecule has 3 aliphatic heterocycles. The van der Waals surface area contributed by atoms with Crippen LogP contribution in [0.4, 0.5) is 10.1 Å². The number of hydrogen-bond donors (Lipinski definition) is 2. The van der Waals surface area contributed by atoms with Crippen LogP contribution >= 0.6 is 0 Å². The standard InChI is InChI=1S/C21H18FN3O3/c1-11-16-17(21(24-11)14-4-2-3-5-15(14)23-20(21)28)19(27)25(18(16)26)10-12-6-8-13(22)9-7-12/h2-9,11,16-17,24H,10H2,1H3,(H,23,28)/p+1/t11-,16+,17+,21+/m0/s1. The van der Waals surface area contributed by atoms with E-state index in [0.29, 0.717) is 11.3 Å². The van der Waals surface area contributed by atoms with E-state index >= 15 is 0 Å². The van der Waals surface area contributed by atoms with Gasteiger partial charge in [-0.25, -0.2) is 4.39 Å². The van der Waals surface area contributed by atoms with Crippen LogP contribution in [0.15, 0.2) is 48.5 Å². The van der Waals surface area contributed by atoms with Crippen LogP contribution < -0.4 is 10.6 Å². The van der Waals surface area contributed by atoms with Crippen LogP contribution in [0.2, 0.25) is 0 Å². The second-order valence-corrected chi connectivity index (χ2v) is 7.79. The van der Waals surface area contributed by atoms with Crippen LogP contribution in [0, 0.1) is 17.7 Å². The Morgan fingerprint density at radius 2 is 1.79 bits per heavy atom. The molecule has 0 radical (unpaired) electrons. The highest BCUT2D eigenvalue weighted by molar-refractivity contribution is 6.13. The molecule has 7 heteroatoms. The second kappa shape index (κ2) is 5.72. The van der Waals surface area contributed by atoms with Gasteiger partial charge in [0.05, 0.1) is 18.3 Å². The Morgan fingerprint density at radius 1 is 1.07 bits per heavy atom. The Kier molecular flexibility index (Phi) is 3.49. The molecule has 0 aromatic heterocycles.